The lowest BCUT2D eigenvalue weighted by Crippen LogP contribution is -2.23. The van der Waals surface area contributed by atoms with E-state index in [0.29, 0.717) is 31.1 Å². The SMILES string of the molecule is CC(C)Oc1ccc(CNC(=O)CCc2nc(-c3ccsc3)no2)cc1. The molecule has 0 atom stereocenters. The summed E-state index contributed by atoms with van der Waals surface area (Å²) in [5, 5.41) is 10.7. The molecule has 2 heterocycles. The Labute approximate surface area is 156 Å². The number of rotatable bonds is 8. The van der Waals surface area contributed by atoms with Gasteiger partial charge in [0.05, 0.1) is 6.10 Å². The Kier molecular flexibility index (Phi) is 6.01. The van der Waals surface area contributed by atoms with Crippen LogP contribution in [0.15, 0.2) is 45.6 Å². The highest BCUT2D eigenvalue weighted by atomic mass is 32.1. The molecule has 0 unspecified atom stereocenters. The van der Waals surface area contributed by atoms with Gasteiger partial charge in [-0.05, 0) is 43.0 Å². The third kappa shape index (κ3) is 5.16. The van der Waals surface area contributed by atoms with Gasteiger partial charge in [-0.15, -0.1) is 0 Å². The van der Waals surface area contributed by atoms with Gasteiger partial charge in [0.2, 0.25) is 17.6 Å². The zero-order chi connectivity index (χ0) is 18.4. The fourth-order valence-corrected chi connectivity index (χ4v) is 2.97. The first-order valence-electron chi connectivity index (χ1n) is 8.47. The molecule has 1 aromatic carbocycles. The minimum absolute atomic E-state index is 0.0530. The summed E-state index contributed by atoms with van der Waals surface area (Å²) >= 11 is 1.58. The Morgan fingerprint density at radius 2 is 2.08 bits per heavy atom. The number of nitrogens with one attached hydrogen (secondary N) is 1. The maximum Gasteiger partial charge on any atom is 0.227 e. The Bertz CT molecular complexity index is 826. The van der Waals surface area contributed by atoms with Gasteiger partial charge in [-0.2, -0.15) is 16.3 Å². The van der Waals surface area contributed by atoms with Crippen molar-refractivity contribution in [1.82, 2.24) is 15.5 Å². The smallest absolute Gasteiger partial charge is 0.227 e. The first-order valence-corrected chi connectivity index (χ1v) is 9.42. The molecule has 3 aromatic rings. The number of amides is 1. The number of ether oxygens (including phenoxy) is 1. The first-order chi connectivity index (χ1) is 12.6. The van der Waals surface area contributed by atoms with Crippen molar-refractivity contribution in [2.75, 3.05) is 0 Å². The van der Waals surface area contributed by atoms with E-state index in [9.17, 15) is 4.79 Å². The van der Waals surface area contributed by atoms with Crippen LogP contribution in [0.1, 0.15) is 31.7 Å². The van der Waals surface area contributed by atoms with E-state index in [4.69, 9.17) is 9.26 Å². The summed E-state index contributed by atoms with van der Waals surface area (Å²) in [5.41, 5.74) is 1.95. The summed E-state index contributed by atoms with van der Waals surface area (Å²) in [6, 6.07) is 9.65. The van der Waals surface area contributed by atoms with Crippen molar-refractivity contribution in [1.29, 1.82) is 0 Å². The van der Waals surface area contributed by atoms with Crippen LogP contribution in [-0.4, -0.2) is 22.2 Å². The fourth-order valence-electron chi connectivity index (χ4n) is 2.33. The molecule has 3 rings (SSSR count). The van der Waals surface area contributed by atoms with Crippen LogP contribution in [-0.2, 0) is 17.8 Å². The second-order valence-electron chi connectivity index (χ2n) is 6.11. The molecule has 6 nitrogen and oxygen atoms in total. The lowest BCUT2D eigenvalue weighted by atomic mass is 10.2. The summed E-state index contributed by atoms with van der Waals surface area (Å²) in [7, 11) is 0. The molecule has 0 aliphatic carbocycles. The number of aromatic nitrogens is 2. The van der Waals surface area contributed by atoms with Gasteiger partial charge in [0, 0.05) is 30.3 Å². The summed E-state index contributed by atoms with van der Waals surface area (Å²) in [4.78, 5) is 16.3. The normalized spacial score (nSPS) is 10.9. The van der Waals surface area contributed by atoms with E-state index in [1.165, 1.54) is 0 Å². The molecular weight excluding hydrogens is 350 g/mol. The second-order valence-corrected chi connectivity index (χ2v) is 6.89. The number of thiophene rings is 1. The maximum absolute atomic E-state index is 12.0. The summed E-state index contributed by atoms with van der Waals surface area (Å²) < 4.78 is 10.8. The van der Waals surface area contributed by atoms with Gasteiger partial charge in [0.25, 0.3) is 0 Å². The Morgan fingerprint density at radius 1 is 1.27 bits per heavy atom. The molecule has 1 N–H and O–H groups in total. The predicted molar refractivity (Wildman–Crippen MR) is 100.0 cm³/mol. The number of nitrogens with zero attached hydrogens (tertiary/aromatic N) is 2. The number of hydrogen-bond donors (Lipinski definition) is 1. The van der Waals surface area contributed by atoms with Crippen LogP contribution < -0.4 is 10.1 Å². The largest absolute Gasteiger partial charge is 0.491 e. The highest BCUT2D eigenvalue weighted by Gasteiger charge is 2.11. The van der Waals surface area contributed by atoms with E-state index in [0.717, 1.165) is 16.9 Å². The van der Waals surface area contributed by atoms with Gasteiger partial charge >= 0.3 is 0 Å². The van der Waals surface area contributed by atoms with Gasteiger partial charge < -0.3 is 14.6 Å². The van der Waals surface area contributed by atoms with Crippen molar-refractivity contribution in [2.45, 2.75) is 39.3 Å². The Morgan fingerprint density at radius 3 is 2.77 bits per heavy atom. The number of aryl methyl sites for hydroxylation is 1. The Balaban J connectivity index is 1.43. The predicted octanol–water partition coefficient (Wildman–Crippen LogP) is 3.83. The monoisotopic (exact) mass is 371 g/mol. The van der Waals surface area contributed by atoms with Crippen molar-refractivity contribution in [2.24, 2.45) is 0 Å². The van der Waals surface area contributed by atoms with Crippen LogP contribution in [0.5, 0.6) is 5.75 Å². The number of carbonyl (C=O) groups is 1. The molecule has 136 valence electrons. The van der Waals surface area contributed by atoms with Crippen LogP contribution in [0.25, 0.3) is 11.4 Å². The van der Waals surface area contributed by atoms with E-state index < -0.39 is 0 Å². The van der Waals surface area contributed by atoms with Crippen molar-refractivity contribution >= 4 is 17.2 Å². The molecule has 0 aliphatic heterocycles. The molecule has 0 saturated carbocycles. The van der Waals surface area contributed by atoms with Crippen LogP contribution in [0, 0.1) is 0 Å². The minimum atomic E-state index is -0.0530. The average molecular weight is 371 g/mol. The lowest BCUT2D eigenvalue weighted by Gasteiger charge is -2.10. The number of hydrogen-bond acceptors (Lipinski definition) is 6. The molecule has 26 heavy (non-hydrogen) atoms. The molecule has 0 aliphatic rings. The van der Waals surface area contributed by atoms with E-state index in [1.54, 1.807) is 11.3 Å². The second kappa shape index (κ2) is 8.62. The molecule has 1 amide bonds. The lowest BCUT2D eigenvalue weighted by molar-refractivity contribution is -0.121. The van der Waals surface area contributed by atoms with Gasteiger partial charge in [-0.1, -0.05) is 17.3 Å². The summed E-state index contributed by atoms with van der Waals surface area (Å²) in [6.07, 6.45) is 0.870. The highest BCUT2D eigenvalue weighted by Crippen LogP contribution is 2.19. The molecule has 0 spiro atoms. The molecule has 7 heteroatoms. The zero-order valence-electron chi connectivity index (χ0n) is 14.8. The molecule has 0 fully saturated rings. The molecule has 0 bridgehead atoms. The average Bonchev–Trinajstić information content (AvgIpc) is 3.30. The van der Waals surface area contributed by atoms with Gasteiger partial charge in [-0.3, -0.25) is 4.79 Å². The topological polar surface area (TPSA) is 77.2 Å². The fraction of sp³-hybridized carbons (Fsp3) is 0.316. The van der Waals surface area contributed by atoms with E-state index in [1.807, 2.05) is 54.9 Å². The van der Waals surface area contributed by atoms with Crippen LogP contribution >= 0.6 is 11.3 Å². The van der Waals surface area contributed by atoms with Crippen LogP contribution in [0.3, 0.4) is 0 Å². The third-order valence-corrected chi connectivity index (χ3v) is 4.28. The molecule has 0 saturated heterocycles. The van der Waals surface area contributed by atoms with Crippen molar-refractivity contribution in [3.63, 3.8) is 0 Å². The first kappa shape index (κ1) is 18.1. The maximum atomic E-state index is 12.0. The van der Waals surface area contributed by atoms with E-state index in [-0.39, 0.29) is 12.0 Å². The molecule has 0 radical (unpaired) electrons. The van der Waals surface area contributed by atoms with Crippen molar-refractivity contribution < 1.29 is 14.1 Å². The molecule has 2 aromatic heterocycles. The van der Waals surface area contributed by atoms with Crippen LogP contribution in [0.4, 0.5) is 0 Å². The summed E-state index contributed by atoms with van der Waals surface area (Å²) in [5.74, 6) is 1.80. The van der Waals surface area contributed by atoms with E-state index in [2.05, 4.69) is 15.5 Å². The zero-order valence-corrected chi connectivity index (χ0v) is 15.6. The van der Waals surface area contributed by atoms with E-state index >= 15 is 0 Å². The molecular formula is C19H21N3O3S. The van der Waals surface area contributed by atoms with Crippen molar-refractivity contribution in [3.05, 3.63) is 52.5 Å². The van der Waals surface area contributed by atoms with Gasteiger partial charge in [0.15, 0.2) is 0 Å². The van der Waals surface area contributed by atoms with Gasteiger partial charge in [-0.25, -0.2) is 0 Å². The Hall–Kier alpha value is -2.67. The third-order valence-electron chi connectivity index (χ3n) is 3.60. The number of benzene rings is 1. The number of carbonyl (C=O) groups excluding carboxylic acids is 1. The standard InChI is InChI=1S/C19H21N3O3S/c1-13(2)24-16-5-3-14(4-6-16)11-20-17(23)7-8-18-21-19(22-25-18)15-9-10-26-12-15/h3-6,9-10,12-13H,7-8,11H2,1-2H3,(H,20,23). The highest BCUT2D eigenvalue weighted by molar-refractivity contribution is 7.08. The quantitative estimate of drug-likeness (QED) is 0.651. The van der Waals surface area contributed by atoms with Gasteiger partial charge in [0.1, 0.15) is 5.75 Å². The summed E-state index contributed by atoms with van der Waals surface area (Å²) in [6.45, 7) is 4.45. The van der Waals surface area contributed by atoms with Crippen LogP contribution in [0.2, 0.25) is 0 Å². The minimum Gasteiger partial charge on any atom is -0.491 e. The van der Waals surface area contributed by atoms with Crippen molar-refractivity contribution in [3.8, 4) is 17.1 Å².